The average molecular weight is 176 g/mol. The molecule has 0 unspecified atom stereocenters. The summed E-state index contributed by atoms with van der Waals surface area (Å²) in [6.45, 7) is 0. The van der Waals surface area contributed by atoms with Crippen LogP contribution in [0.15, 0.2) is 5.51 Å². The van der Waals surface area contributed by atoms with Crippen LogP contribution in [0.5, 0.6) is 0 Å². The third-order valence-corrected chi connectivity index (χ3v) is 1.67. The highest BCUT2D eigenvalue weighted by atomic mass is 35.5. The lowest BCUT2D eigenvalue weighted by Gasteiger charge is -1.85. The molecule has 1 heterocycles. The zero-order chi connectivity index (χ0) is 7.56. The molecule has 1 rings (SSSR count). The van der Waals surface area contributed by atoms with Crippen molar-refractivity contribution in [3.63, 3.8) is 0 Å². The fourth-order valence-electron chi connectivity index (χ4n) is 0.366. The molecule has 1 aromatic rings. The summed E-state index contributed by atoms with van der Waals surface area (Å²) in [5.74, 6) is 0. The molecule has 1 aromatic heterocycles. The van der Waals surface area contributed by atoms with Crippen molar-refractivity contribution >= 4 is 33.9 Å². The summed E-state index contributed by atoms with van der Waals surface area (Å²) in [6.07, 6.45) is 0. The van der Waals surface area contributed by atoms with Gasteiger partial charge in [0.15, 0.2) is 10.7 Å². The van der Waals surface area contributed by atoms with E-state index in [2.05, 4.69) is 10.2 Å². The molecule has 0 atom stereocenters. The van der Waals surface area contributed by atoms with Crippen LogP contribution in [0.25, 0.3) is 0 Å². The van der Waals surface area contributed by atoms with Crippen molar-refractivity contribution in [1.29, 1.82) is 5.41 Å². The lowest BCUT2D eigenvalue weighted by Crippen LogP contribution is -2.06. The van der Waals surface area contributed by atoms with Crippen LogP contribution in [0, 0.1) is 5.41 Å². The van der Waals surface area contributed by atoms with E-state index in [0.29, 0.717) is 0 Å². The number of nitrogens with zero attached hydrogens (tertiary/aromatic N) is 2. The third-order valence-electron chi connectivity index (χ3n) is 0.770. The first-order valence-corrected chi connectivity index (χ1v) is 3.52. The van der Waals surface area contributed by atoms with Crippen LogP contribution in [-0.4, -0.2) is 21.2 Å². The molecule has 6 heteroatoms. The van der Waals surface area contributed by atoms with Crippen molar-refractivity contribution in [3.05, 3.63) is 10.5 Å². The molecule has 52 valence electrons. The standard InChI is InChI=1S/C4H2ClN3OS/c5-3(9)2(6)4-8-7-1-10-4/h1,6H. The van der Waals surface area contributed by atoms with Gasteiger partial charge in [0.2, 0.25) is 0 Å². The molecule has 4 nitrogen and oxygen atoms in total. The van der Waals surface area contributed by atoms with E-state index in [1.807, 2.05) is 0 Å². The second-order valence-corrected chi connectivity index (χ2v) is 2.57. The first kappa shape index (κ1) is 7.30. The Kier molecular flexibility index (Phi) is 2.08. The van der Waals surface area contributed by atoms with Gasteiger partial charge in [0.05, 0.1) is 0 Å². The Labute approximate surface area is 65.4 Å². The van der Waals surface area contributed by atoms with Crippen LogP contribution in [0.4, 0.5) is 0 Å². The van der Waals surface area contributed by atoms with Gasteiger partial charge in [-0.05, 0) is 11.6 Å². The Morgan fingerprint density at radius 1 is 1.80 bits per heavy atom. The summed E-state index contributed by atoms with van der Waals surface area (Å²) in [5.41, 5.74) is 1.13. The van der Waals surface area contributed by atoms with Gasteiger partial charge >= 0.3 is 0 Å². The normalized spacial score (nSPS) is 9.30. The molecule has 0 fully saturated rings. The van der Waals surface area contributed by atoms with Gasteiger partial charge in [-0.15, -0.1) is 10.2 Å². The number of nitrogens with one attached hydrogen (secondary N) is 1. The maximum Gasteiger partial charge on any atom is 0.273 e. The van der Waals surface area contributed by atoms with Crippen LogP contribution < -0.4 is 0 Å². The number of hydrogen-bond acceptors (Lipinski definition) is 5. The van der Waals surface area contributed by atoms with Crippen molar-refractivity contribution in [2.75, 3.05) is 0 Å². The Balaban J connectivity index is 2.88. The summed E-state index contributed by atoms with van der Waals surface area (Å²) in [7, 11) is 0. The summed E-state index contributed by atoms with van der Waals surface area (Å²) < 4.78 is 0. The number of hydrogen-bond donors (Lipinski definition) is 1. The van der Waals surface area contributed by atoms with E-state index in [1.165, 1.54) is 5.51 Å². The highest BCUT2D eigenvalue weighted by Crippen LogP contribution is 2.03. The van der Waals surface area contributed by atoms with E-state index in [1.54, 1.807) is 0 Å². The maximum absolute atomic E-state index is 10.3. The highest BCUT2D eigenvalue weighted by molar-refractivity contribution is 7.13. The molecule has 0 aliphatic heterocycles. The lowest BCUT2D eigenvalue weighted by atomic mass is 10.4. The largest absolute Gasteiger partial charge is 0.293 e. The summed E-state index contributed by atoms with van der Waals surface area (Å²) >= 11 is 6.10. The Morgan fingerprint density at radius 3 is 2.90 bits per heavy atom. The smallest absolute Gasteiger partial charge is 0.273 e. The van der Waals surface area contributed by atoms with Crippen LogP contribution >= 0.6 is 22.9 Å². The molecule has 0 saturated carbocycles. The first-order valence-electron chi connectivity index (χ1n) is 2.26. The fourth-order valence-corrected chi connectivity index (χ4v) is 1.01. The Bertz CT molecular complexity index is 257. The van der Waals surface area contributed by atoms with E-state index in [-0.39, 0.29) is 10.7 Å². The zero-order valence-corrected chi connectivity index (χ0v) is 6.24. The predicted molar refractivity (Wildman–Crippen MR) is 37.6 cm³/mol. The van der Waals surface area contributed by atoms with Crippen LogP contribution in [0.2, 0.25) is 0 Å². The molecule has 0 bridgehead atoms. The predicted octanol–water partition coefficient (Wildman–Crippen LogP) is 0.671. The lowest BCUT2D eigenvalue weighted by molar-refractivity contribution is -0.106. The molecule has 0 saturated heterocycles. The number of carbonyl (C=O) groups is 1. The number of halogens is 1. The van der Waals surface area contributed by atoms with E-state index >= 15 is 0 Å². The Hall–Kier alpha value is -0.810. The topological polar surface area (TPSA) is 66.7 Å². The molecule has 0 aliphatic rings. The van der Waals surface area contributed by atoms with E-state index < -0.39 is 5.24 Å². The molecule has 0 aliphatic carbocycles. The molecule has 10 heavy (non-hydrogen) atoms. The third kappa shape index (κ3) is 1.37. The SMILES string of the molecule is N=C(C(=O)Cl)c1nncs1. The van der Waals surface area contributed by atoms with Gasteiger partial charge < -0.3 is 0 Å². The fraction of sp³-hybridized carbons (Fsp3) is 0. The van der Waals surface area contributed by atoms with Gasteiger partial charge in [-0.25, -0.2) is 0 Å². The first-order chi connectivity index (χ1) is 4.72. The van der Waals surface area contributed by atoms with Crippen LogP contribution in [-0.2, 0) is 4.79 Å². The van der Waals surface area contributed by atoms with Gasteiger partial charge in [-0.1, -0.05) is 11.3 Å². The average Bonchev–Trinajstić information content (AvgIpc) is 2.36. The minimum absolute atomic E-state index is 0.250. The van der Waals surface area contributed by atoms with Crippen molar-refractivity contribution in [2.45, 2.75) is 0 Å². The number of carbonyl (C=O) groups excluding carboxylic acids is 1. The van der Waals surface area contributed by atoms with Gasteiger partial charge in [0, 0.05) is 0 Å². The van der Waals surface area contributed by atoms with Crippen molar-refractivity contribution in [2.24, 2.45) is 0 Å². The second-order valence-electron chi connectivity index (χ2n) is 1.39. The number of rotatable bonds is 2. The van der Waals surface area contributed by atoms with E-state index in [0.717, 1.165) is 11.3 Å². The molecule has 0 radical (unpaired) electrons. The molecule has 0 aromatic carbocycles. The minimum Gasteiger partial charge on any atom is -0.293 e. The molecular formula is C4H2ClN3OS. The Morgan fingerprint density at radius 2 is 2.50 bits per heavy atom. The zero-order valence-electron chi connectivity index (χ0n) is 4.67. The minimum atomic E-state index is -0.809. The second kappa shape index (κ2) is 2.85. The van der Waals surface area contributed by atoms with Gasteiger partial charge in [-0.2, -0.15) is 0 Å². The molecule has 0 amide bonds. The van der Waals surface area contributed by atoms with Crippen molar-refractivity contribution in [1.82, 2.24) is 10.2 Å². The number of aromatic nitrogens is 2. The van der Waals surface area contributed by atoms with Crippen LogP contribution in [0.1, 0.15) is 5.01 Å². The van der Waals surface area contributed by atoms with Gasteiger partial charge in [0.25, 0.3) is 5.24 Å². The monoisotopic (exact) mass is 175 g/mol. The van der Waals surface area contributed by atoms with Crippen LogP contribution in [0.3, 0.4) is 0 Å². The summed E-state index contributed by atoms with van der Waals surface area (Å²) in [5, 5.41) is 13.4. The van der Waals surface area contributed by atoms with E-state index in [9.17, 15) is 4.79 Å². The van der Waals surface area contributed by atoms with Crippen molar-refractivity contribution in [3.8, 4) is 0 Å². The molecular weight excluding hydrogens is 174 g/mol. The molecule has 0 spiro atoms. The van der Waals surface area contributed by atoms with Crippen molar-refractivity contribution < 1.29 is 4.79 Å². The summed E-state index contributed by atoms with van der Waals surface area (Å²) in [6, 6.07) is 0. The quantitative estimate of drug-likeness (QED) is 0.531. The maximum atomic E-state index is 10.3. The van der Waals surface area contributed by atoms with Gasteiger partial charge in [0.1, 0.15) is 5.51 Å². The van der Waals surface area contributed by atoms with E-state index in [4.69, 9.17) is 17.0 Å². The summed E-state index contributed by atoms with van der Waals surface area (Å²) in [4.78, 5) is 10.3. The van der Waals surface area contributed by atoms with Gasteiger partial charge in [-0.3, -0.25) is 10.2 Å². The highest BCUT2D eigenvalue weighted by Gasteiger charge is 2.11. The molecule has 1 N–H and O–H groups in total.